The lowest BCUT2D eigenvalue weighted by Gasteiger charge is -2.32. The summed E-state index contributed by atoms with van der Waals surface area (Å²) in [5, 5.41) is 0. The van der Waals surface area contributed by atoms with Gasteiger partial charge >= 0.3 is 11.9 Å². The van der Waals surface area contributed by atoms with E-state index in [0.717, 1.165) is 48.0 Å². The maximum absolute atomic E-state index is 11.4. The van der Waals surface area contributed by atoms with E-state index in [9.17, 15) is 9.59 Å². The summed E-state index contributed by atoms with van der Waals surface area (Å²) in [5.41, 5.74) is 0.869. The van der Waals surface area contributed by atoms with E-state index in [0.29, 0.717) is 24.4 Å². The molecule has 0 bridgehead atoms. The Bertz CT molecular complexity index is 474. The molecule has 166 valence electrons. The molecule has 0 saturated heterocycles. The molecule has 28 heavy (non-hydrogen) atoms. The molecule has 0 aromatic rings. The van der Waals surface area contributed by atoms with Crippen molar-refractivity contribution in [2.24, 2.45) is 0 Å². The van der Waals surface area contributed by atoms with Gasteiger partial charge in [0.2, 0.25) is 0 Å². The fraction of sp³-hybridized carbons (Fsp3) is 0.700. The zero-order valence-electron chi connectivity index (χ0n) is 18.4. The minimum atomic E-state index is -0.323. The van der Waals surface area contributed by atoms with Gasteiger partial charge in [-0.3, -0.25) is 0 Å². The number of quaternary nitrogens is 2. The Morgan fingerprint density at radius 1 is 0.679 bits per heavy atom. The van der Waals surface area contributed by atoms with Crippen molar-refractivity contribution < 1.29 is 62.0 Å². The number of halogens is 2. The normalized spacial score (nSPS) is 10.9. The number of hydrogen-bond acceptors (Lipinski definition) is 4. The maximum Gasteiger partial charge on any atom is 0.333 e. The summed E-state index contributed by atoms with van der Waals surface area (Å²) in [6, 6.07) is 0. The fourth-order valence-corrected chi connectivity index (χ4v) is 2.32. The minimum Gasteiger partial charge on any atom is -1.00 e. The van der Waals surface area contributed by atoms with E-state index in [1.807, 2.05) is 0 Å². The topological polar surface area (TPSA) is 52.6 Å². The molecule has 0 radical (unpaired) electrons. The zero-order chi connectivity index (χ0) is 20.4. The second kappa shape index (κ2) is 15.2. The summed E-state index contributed by atoms with van der Waals surface area (Å²) < 4.78 is 12.0. The van der Waals surface area contributed by atoms with Crippen molar-refractivity contribution in [3.63, 3.8) is 0 Å². The quantitative estimate of drug-likeness (QED) is 0.106. The van der Waals surface area contributed by atoms with Crippen molar-refractivity contribution in [2.45, 2.75) is 26.7 Å². The summed E-state index contributed by atoms with van der Waals surface area (Å²) in [4.78, 5) is 22.8. The largest absolute Gasteiger partial charge is 1.00 e. The summed E-state index contributed by atoms with van der Waals surface area (Å²) in [6.07, 6.45) is 2.18. The van der Waals surface area contributed by atoms with Crippen molar-refractivity contribution in [3.05, 3.63) is 24.3 Å². The average molecular weight is 530 g/mol. The van der Waals surface area contributed by atoms with Gasteiger partial charge in [0, 0.05) is 24.0 Å². The molecular weight excluding hydrogens is 492 g/mol. The first-order valence-electron chi connectivity index (χ1n) is 9.15. The first kappa shape index (κ1) is 32.0. The van der Waals surface area contributed by atoms with E-state index in [1.54, 1.807) is 13.8 Å². The minimum absolute atomic E-state index is 0. The van der Waals surface area contributed by atoms with Gasteiger partial charge in [0.1, 0.15) is 26.3 Å². The molecule has 0 aliphatic rings. The molecule has 0 fully saturated rings. The van der Waals surface area contributed by atoms with Crippen molar-refractivity contribution >= 4 is 11.9 Å². The SMILES string of the molecule is C=C(C)C(=O)OCC[N+](C)(C)CCCC[N+](C)(C)CCOC(=O)C(=C)C.[Br-].[Br-]. The number of esters is 2. The van der Waals surface area contributed by atoms with Crippen molar-refractivity contribution in [3.8, 4) is 0 Å². The molecule has 0 rings (SSSR count). The van der Waals surface area contributed by atoms with E-state index < -0.39 is 0 Å². The molecule has 0 aliphatic heterocycles. The fourth-order valence-electron chi connectivity index (χ4n) is 2.32. The molecule has 0 unspecified atom stereocenters. The van der Waals surface area contributed by atoms with Gasteiger partial charge in [-0.25, -0.2) is 9.59 Å². The number of rotatable bonds is 13. The average Bonchev–Trinajstić information content (AvgIpc) is 2.50. The second-order valence-electron chi connectivity index (χ2n) is 8.31. The van der Waals surface area contributed by atoms with Crippen LogP contribution in [0.2, 0.25) is 0 Å². The van der Waals surface area contributed by atoms with E-state index in [1.165, 1.54) is 0 Å². The monoisotopic (exact) mass is 528 g/mol. The number of unbranched alkanes of at least 4 members (excludes halogenated alkanes) is 1. The van der Waals surface area contributed by atoms with Gasteiger partial charge < -0.3 is 52.4 Å². The summed E-state index contributed by atoms with van der Waals surface area (Å²) in [7, 11) is 8.58. The smallest absolute Gasteiger partial charge is 0.333 e. The Kier molecular flexibility index (Phi) is 17.3. The summed E-state index contributed by atoms with van der Waals surface area (Å²) in [6.45, 7) is 14.9. The van der Waals surface area contributed by atoms with Crippen LogP contribution in [0, 0.1) is 0 Å². The van der Waals surface area contributed by atoms with Gasteiger partial charge in [0.25, 0.3) is 0 Å². The third-order valence-electron chi connectivity index (χ3n) is 4.33. The highest BCUT2D eigenvalue weighted by molar-refractivity contribution is 5.87. The van der Waals surface area contributed by atoms with E-state index in [4.69, 9.17) is 9.47 Å². The van der Waals surface area contributed by atoms with Crippen LogP contribution < -0.4 is 34.0 Å². The van der Waals surface area contributed by atoms with E-state index >= 15 is 0 Å². The number of carbonyl (C=O) groups excluding carboxylic acids is 2. The summed E-state index contributed by atoms with van der Waals surface area (Å²) >= 11 is 0. The third kappa shape index (κ3) is 16.3. The molecule has 0 aromatic heterocycles. The van der Waals surface area contributed by atoms with Crippen LogP contribution in [0.25, 0.3) is 0 Å². The van der Waals surface area contributed by atoms with Crippen LogP contribution in [0.3, 0.4) is 0 Å². The lowest BCUT2D eigenvalue weighted by atomic mass is 10.2. The molecule has 0 spiro atoms. The Morgan fingerprint density at radius 3 is 1.21 bits per heavy atom. The second-order valence-corrected chi connectivity index (χ2v) is 8.31. The predicted molar refractivity (Wildman–Crippen MR) is 104 cm³/mol. The molecule has 0 aromatic carbocycles. The van der Waals surface area contributed by atoms with Crippen LogP contribution >= 0.6 is 0 Å². The van der Waals surface area contributed by atoms with Crippen LogP contribution in [0.15, 0.2) is 24.3 Å². The van der Waals surface area contributed by atoms with Gasteiger partial charge in [-0.1, -0.05) is 13.2 Å². The van der Waals surface area contributed by atoms with Crippen LogP contribution in [0.1, 0.15) is 26.7 Å². The van der Waals surface area contributed by atoms with Crippen molar-refractivity contribution in [1.29, 1.82) is 0 Å². The molecule has 0 atom stereocenters. The molecule has 0 amide bonds. The summed E-state index contributed by atoms with van der Waals surface area (Å²) in [5.74, 6) is -0.646. The first-order chi connectivity index (χ1) is 11.9. The molecular formula is C20H38Br2N2O4. The lowest BCUT2D eigenvalue weighted by Crippen LogP contribution is -3.00. The Balaban J connectivity index is -0.00000312. The standard InChI is InChI=1S/C20H38N2O4.2BrH/c1-17(2)19(23)25-15-13-21(5,6)11-9-10-12-22(7,8)14-16-26-20(24)18(3)4;;/h1,3,9-16H2,2,4-8H3;2*1H/q+2;;/p-2. The third-order valence-corrected chi connectivity index (χ3v) is 4.33. The number of likely N-dealkylation sites (N-methyl/N-ethyl adjacent to an activating group) is 2. The van der Waals surface area contributed by atoms with Crippen LogP contribution in [-0.4, -0.2) is 88.5 Å². The molecule has 6 nitrogen and oxygen atoms in total. The maximum atomic E-state index is 11.4. The van der Waals surface area contributed by atoms with Gasteiger partial charge in [-0.2, -0.15) is 0 Å². The molecule has 8 heteroatoms. The Hall–Kier alpha value is -0.700. The highest BCUT2D eigenvalue weighted by atomic mass is 79.9. The van der Waals surface area contributed by atoms with E-state index in [-0.39, 0.29) is 45.9 Å². The van der Waals surface area contributed by atoms with Gasteiger partial charge in [-0.05, 0) is 13.8 Å². The molecule has 0 saturated carbocycles. The van der Waals surface area contributed by atoms with Crippen LogP contribution in [0.5, 0.6) is 0 Å². The number of nitrogens with zero attached hydrogens (tertiary/aromatic N) is 2. The lowest BCUT2D eigenvalue weighted by molar-refractivity contribution is -0.897. The Morgan fingerprint density at radius 2 is 0.964 bits per heavy atom. The molecule has 0 aliphatic carbocycles. The Labute approximate surface area is 192 Å². The highest BCUT2D eigenvalue weighted by Crippen LogP contribution is 2.07. The van der Waals surface area contributed by atoms with Crippen LogP contribution in [-0.2, 0) is 19.1 Å². The van der Waals surface area contributed by atoms with Crippen LogP contribution in [0.4, 0.5) is 0 Å². The van der Waals surface area contributed by atoms with Gasteiger partial charge in [-0.15, -0.1) is 0 Å². The number of carbonyl (C=O) groups is 2. The number of ether oxygens (including phenoxy) is 2. The van der Waals surface area contributed by atoms with E-state index in [2.05, 4.69) is 41.3 Å². The zero-order valence-corrected chi connectivity index (χ0v) is 21.5. The van der Waals surface area contributed by atoms with Gasteiger partial charge in [0.15, 0.2) is 0 Å². The van der Waals surface area contributed by atoms with Crippen molar-refractivity contribution in [2.75, 3.05) is 67.6 Å². The van der Waals surface area contributed by atoms with Crippen molar-refractivity contribution in [1.82, 2.24) is 0 Å². The molecule has 0 N–H and O–H groups in total. The predicted octanol–water partition coefficient (Wildman–Crippen LogP) is -3.83. The first-order valence-corrected chi connectivity index (χ1v) is 9.15. The number of hydrogen-bond donors (Lipinski definition) is 0. The van der Waals surface area contributed by atoms with Gasteiger partial charge in [0.05, 0.1) is 41.3 Å². The molecule has 0 heterocycles. The highest BCUT2D eigenvalue weighted by Gasteiger charge is 2.19.